The number of rotatable bonds is 7. The Kier molecular flexibility index (Phi) is 7.92. The van der Waals surface area contributed by atoms with Crippen molar-refractivity contribution in [1.29, 1.82) is 0 Å². The fraction of sp³-hybridized carbons (Fsp3) is 0.571. The molecule has 0 aromatic heterocycles. The van der Waals surface area contributed by atoms with Crippen LogP contribution in [0, 0.1) is 0 Å². The summed E-state index contributed by atoms with van der Waals surface area (Å²) in [6, 6.07) is 0. The van der Waals surface area contributed by atoms with Gasteiger partial charge in [0.1, 0.15) is 11.5 Å². The zero-order valence-electron chi connectivity index (χ0n) is 7.93. The second kappa shape index (κ2) is 8.42. The first-order valence-electron chi connectivity index (χ1n) is 3.75. The van der Waals surface area contributed by atoms with E-state index in [0.29, 0.717) is 0 Å². The second-order valence-corrected chi connectivity index (χ2v) is 4.62. The third-order valence-electron chi connectivity index (χ3n) is 1.02. The van der Waals surface area contributed by atoms with Crippen molar-refractivity contribution in [3.8, 4) is 0 Å². The van der Waals surface area contributed by atoms with E-state index in [-0.39, 0.29) is 11.5 Å². The molecule has 0 amide bonds. The van der Waals surface area contributed by atoms with Gasteiger partial charge >= 0.3 is 17.9 Å². The first-order chi connectivity index (χ1) is 7.06. The Morgan fingerprint density at radius 1 is 1.13 bits per heavy atom. The van der Waals surface area contributed by atoms with Gasteiger partial charge in [0.2, 0.25) is 0 Å². The lowest BCUT2D eigenvalue weighted by Crippen LogP contribution is -2.16. The molecule has 86 valence electrons. The maximum absolute atomic E-state index is 10.9. The van der Waals surface area contributed by atoms with Crippen LogP contribution >= 0.6 is 21.6 Å². The van der Waals surface area contributed by atoms with E-state index < -0.39 is 24.5 Å². The normalized spacial score (nSPS) is 9.40. The first kappa shape index (κ1) is 14.1. The monoisotopic (exact) mass is 254 g/mol. The van der Waals surface area contributed by atoms with Crippen LogP contribution in [-0.2, 0) is 23.9 Å². The number of carboxylic acids is 1. The predicted molar refractivity (Wildman–Crippen MR) is 55.5 cm³/mol. The Bertz CT molecular complexity index is 242. The highest BCUT2D eigenvalue weighted by Gasteiger charge is 2.08. The molecule has 0 bridgehead atoms. The number of carbonyl (C=O) groups is 3. The van der Waals surface area contributed by atoms with Crippen molar-refractivity contribution in [2.75, 3.05) is 25.2 Å². The number of methoxy groups -OCH3 is 1. The highest BCUT2D eigenvalue weighted by Crippen LogP contribution is 2.20. The number of carboxylic acid groups (broad SMARTS) is 1. The van der Waals surface area contributed by atoms with Crippen molar-refractivity contribution in [2.24, 2.45) is 0 Å². The van der Waals surface area contributed by atoms with Crippen molar-refractivity contribution in [2.45, 2.75) is 0 Å². The molecule has 0 atom stereocenters. The number of hydrogen-bond acceptors (Lipinski definition) is 7. The van der Waals surface area contributed by atoms with Crippen LogP contribution in [0.1, 0.15) is 0 Å². The van der Waals surface area contributed by atoms with Crippen LogP contribution in [0.15, 0.2) is 0 Å². The fourth-order valence-electron chi connectivity index (χ4n) is 0.422. The van der Waals surface area contributed by atoms with Gasteiger partial charge in [0.25, 0.3) is 0 Å². The number of ether oxygens (including phenoxy) is 2. The third-order valence-corrected chi connectivity index (χ3v) is 3.11. The van der Waals surface area contributed by atoms with E-state index in [0.717, 1.165) is 21.6 Å². The van der Waals surface area contributed by atoms with Gasteiger partial charge in [-0.15, -0.1) is 0 Å². The van der Waals surface area contributed by atoms with Gasteiger partial charge in [0, 0.05) is 0 Å². The Balaban J connectivity index is 3.41. The largest absolute Gasteiger partial charge is 0.481 e. The lowest BCUT2D eigenvalue weighted by atomic mass is 10.7. The molecule has 0 fully saturated rings. The molecule has 0 aromatic carbocycles. The van der Waals surface area contributed by atoms with Crippen LogP contribution < -0.4 is 0 Å². The molecule has 8 heteroatoms. The van der Waals surface area contributed by atoms with Crippen molar-refractivity contribution >= 4 is 39.5 Å². The lowest BCUT2D eigenvalue weighted by Gasteiger charge is -2.02. The molecule has 0 saturated heterocycles. The number of aliphatic carboxylic acids is 1. The van der Waals surface area contributed by atoms with Crippen molar-refractivity contribution in [3.63, 3.8) is 0 Å². The van der Waals surface area contributed by atoms with Gasteiger partial charge in [-0.1, -0.05) is 21.6 Å². The molecule has 0 heterocycles. The summed E-state index contributed by atoms with van der Waals surface area (Å²) in [6.07, 6.45) is 0. The van der Waals surface area contributed by atoms with Crippen molar-refractivity contribution < 1.29 is 29.0 Å². The second-order valence-electron chi connectivity index (χ2n) is 2.15. The maximum atomic E-state index is 10.9. The van der Waals surface area contributed by atoms with Crippen LogP contribution in [0.25, 0.3) is 0 Å². The molecular weight excluding hydrogens is 244 g/mol. The Morgan fingerprint density at radius 2 is 1.73 bits per heavy atom. The molecule has 0 spiro atoms. The van der Waals surface area contributed by atoms with Gasteiger partial charge in [-0.05, 0) is 0 Å². The molecule has 15 heavy (non-hydrogen) atoms. The third kappa shape index (κ3) is 9.42. The van der Waals surface area contributed by atoms with Gasteiger partial charge in [-0.3, -0.25) is 9.59 Å². The molecule has 1 N–H and O–H groups in total. The Labute approximate surface area is 94.1 Å². The summed E-state index contributed by atoms with van der Waals surface area (Å²) in [5, 5.41) is 8.28. The van der Waals surface area contributed by atoms with Gasteiger partial charge < -0.3 is 14.6 Å². The summed E-state index contributed by atoms with van der Waals surface area (Å²) < 4.78 is 8.76. The minimum atomic E-state index is -0.949. The van der Waals surface area contributed by atoms with Crippen molar-refractivity contribution in [3.05, 3.63) is 0 Å². The van der Waals surface area contributed by atoms with Crippen molar-refractivity contribution in [1.82, 2.24) is 0 Å². The minimum Gasteiger partial charge on any atom is -0.481 e. The Morgan fingerprint density at radius 3 is 2.27 bits per heavy atom. The highest BCUT2D eigenvalue weighted by atomic mass is 33.1. The minimum absolute atomic E-state index is 0.00502. The Hall–Kier alpha value is -0.890. The molecule has 0 rings (SSSR count). The SMILES string of the molecule is COC(=O)COC(=O)CSSCC(=O)O. The predicted octanol–water partition coefficient (Wildman–Crippen LogP) is 0.169. The van der Waals surface area contributed by atoms with E-state index in [1.54, 1.807) is 0 Å². The molecular formula is C7H10O6S2. The van der Waals surface area contributed by atoms with Crippen LogP contribution in [-0.4, -0.2) is 48.2 Å². The van der Waals surface area contributed by atoms with E-state index in [9.17, 15) is 14.4 Å². The van der Waals surface area contributed by atoms with E-state index in [1.807, 2.05) is 0 Å². The molecule has 0 aliphatic heterocycles. The summed E-state index contributed by atoms with van der Waals surface area (Å²) >= 11 is 0. The quantitative estimate of drug-likeness (QED) is 0.390. The highest BCUT2D eigenvalue weighted by molar-refractivity contribution is 8.77. The van der Waals surface area contributed by atoms with Gasteiger partial charge in [-0.2, -0.15) is 0 Å². The molecule has 0 unspecified atom stereocenters. The molecule has 0 aliphatic rings. The van der Waals surface area contributed by atoms with Crippen LogP contribution in [0.3, 0.4) is 0 Å². The van der Waals surface area contributed by atoms with Crippen LogP contribution in [0.2, 0.25) is 0 Å². The average molecular weight is 254 g/mol. The number of hydrogen-bond donors (Lipinski definition) is 1. The molecule has 0 saturated carbocycles. The smallest absolute Gasteiger partial charge is 0.344 e. The van der Waals surface area contributed by atoms with Gasteiger partial charge in [-0.25, -0.2) is 4.79 Å². The maximum Gasteiger partial charge on any atom is 0.344 e. The van der Waals surface area contributed by atoms with E-state index in [4.69, 9.17) is 5.11 Å². The zero-order chi connectivity index (χ0) is 11.7. The fourth-order valence-corrected chi connectivity index (χ4v) is 1.96. The van der Waals surface area contributed by atoms with Gasteiger partial charge in [0.15, 0.2) is 6.61 Å². The summed E-state index contributed by atoms with van der Waals surface area (Å²) in [5.41, 5.74) is 0. The number of esters is 2. The zero-order valence-corrected chi connectivity index (χ0v) is 9.56. The van der Waals surface area contributed by atoms with E-state index in [2.05, 4.69) is 9.47 Å². The summed E-state index contributed by atoms with van der Waals surface area (Å²) in [4.78, 5) is 31.5. The van der Waals surface area contributed by atoms with Crippen LogP contribution in [0.4, 0.5) is 0 Å². The topological polar surface area (TPSA) is 89.9 Å². The average Bonchev–Trinajstić information content (AvgIpc) is 2.20. The molecule has 0 aromatic rings. The lowest BCUT2D eigenvalue weighted by molar-refractivity contribution is -0.155. The number of carbonyl (C=O) groups excluding carboxylic acids is 2. The standard InChI is InChI=1S/C7H10O6S2/c1-12-6(10)2-13-7(11)4-15-14-3-5(8)9/h2-4H2,1H3,(H,8,9). The molecule has 0 radical (unpaired) electrons. The van der Waals surface area contributed by atoms with Crippen LogP contribution in [0.5, 0.6) is 0 Å². The summed E-state index contributed by atoms with van der Waals surface area (Å²) in [7, 11) is 3.28. The molecule has 0 aliphatic carbocycles. The summed E-state index contributed by atoms with van der Waals surface area (Å²) in [6.45, 7) is -0.417. The first-order valence-corrected chi connectivity index (χ1v) is 6.23. The molecule has 6 nitrogen and oxygen atoms in total. The van der Waals surface area contributed by atoms with E-state index in [1.165, 1.54) is 7.11 Å². The summed E-state index contributed by atoms with van der Waals surface area (Å²) in [5.74, 6) is -2.26. The van der Waals surface area contributed by atoms with E-state index >= 15 is 0 Å². The van der Waals surface area contributed by atoms with Gasteiger partial charge in [0.05, 0.1) is 7.11 Å².